The van der Waals surface area contributed by atoms with Crippen LogP contribution in [0.3, 0.4) is 0 Å². The highest BCUT2D eigenvalue weighted by atomic mass is 19.4. The molecule has 1 aliphatic heterocycles. The van der Waals surface area contributed by atoms with Gasteiger partial charge in [0, 0.05) is 31.1 Å². The van der Waals surface area contributed by atoms with E-state index in [0.717, 1.165) is 13.6 Å². The van der Waals surface area contributed by atoms with E-state index in [-0.39, 0.29) is 17.5 Å². The molecule has 1 amide bonds. The predicted molar refractivity (Wildman–Crippen MR) is 84.2 cm³/mol. The van der Waals surface area contributed by atoms with Gasteiger partial charge in [0.2, 0.25) is 5.91 Å². The van der Waals surface area contributed by atoms with Gasteiger partial charge in [-0.05, 0) is 20.8 Å². The topological polar surface area (TPSA) is 47.9 Å². The van der Waals surface area contributed by atoms with E-state index in [0.29, 0.717) is 17.4 Å². The van der Waals surface area contributed by atoms with Crippen molar-refractivity contribution in [3.05, 3.63) is 0 Å². The van der Waals surface area contributed by atoms with Gasteiger partial charge >= 0.3 is 6.18 Å². The number of hydrogen-bond acceptors (Lipinski definition) is 2. The number of likely N-dealkylation sites (tertiary alicyclic amines) is 1. The average molecular weight is 336 g/mol. The van der Waals surface area contributed by atoms with E-state index in [1.807, 2.05) is 11.8 Å². The molecule has 1 N–H and O–H groups in total. The maximum Gasteiger partial charge on any atom is 0.406 e. The summed E-state index contributed by atoms with van der Waals surface area (Å²) >= 11 is 0. The summed E-state index contributed by atoms with van der Waals surface area (Å²) in [4.78, 5) is 18.7. The van der Waals surface area contributed by atoms with Crippen LogP contribution in [-0.2, 0) is 4.79 Å². The summed E-state index contributed by atoms with van der Waals surface area (Å²) in [7, 11) is 1.13. The van der Waals surface area contributed by atoms with Gasteiger partial charge < -0.3 is 15.1 Å². The Labute approximate surface area is 135 Å². The molecule has 8 heteroatoms. The van der Waals surface area contributed by atoms with Crippen molar-refractivity contribution in [1.29, 1.82) is 0 Å². The number of nitrogens with one attached hydrogen (secondary N) is 1. The van der Waals surface area contributed by atoms with Crippen LogP contribution in [0.2, 0.25) is 0 Å². The van der Waals surface area contributed by atoms with Crippen LogP contribution in [0.5, 0.6) is 0 Å². The Morgan fingerprint density at radius 2 is 1.87 bits per heavy atom. The van der Waals surface area contributed by atoms with Gasteiger partial charge in [-0.1, -0.05) is 13.8 Å². The van der Waals surface area contributed by atoms with Crippen molar-refractivity contribution in [3.63, 3.8) is 0 Å². The number of likely N-dealkylation sites (N-methyl/N-ethyl adjacent to an activating group) is 1. The minimum Gasteiger partial charge on any atom is -0.356 e. The normalized spacial score (nSPS) is 20.0. The Hall–Kier alpha value is -1.47. The molecule has 0 atom stereocenters. The molecule has 0 unspecified atom stereocenters. The summed E-state index contributed by atoms with van der Waals surface area (Å²) in [5, 5.41) is 3.10. The Kier molecular flexibility index (Phi) is 5.59. The van der Waals surface area contributed by atoms with Crippen LogP contribution in [0.4, 0.5) is 13.2 Å². The van der Waals surface area contributed by atoms with Crippen molar-refractivity contribution in [2.24, 2.45) is 10.4 Å². The maximum atomic E-state index is 12.3. The number of rotatable bonds is 4. The number of guanidine groups is 1. The minimum absolute atomic E-state index is 0.0975. The highest BCUT2D eigenvalue weighted by Crippen LogP contribution is 2.46. The molecular weight excluding hydrogens is 309 g/mol. The monoisotopic (exact) mass is 336 g/mol. The lowest BCUT2D eigenvalue weighted by Crippen LogP contribution is -2.72. The third-order valence-corrected chi connectivity index (χ3v) is 4.68. The van der Waals surface area contributed by atoms with Gasteiger partial charge in [-0.15, -0.1) is 0 Å². The quantitative estimate of drug-likeness (QED) is 0.632. The van der Waals surface area contributed by atoms with Gasteiger partial charge in [0.15, 0.2) is 5.96 Å². The molecule has 0 aromatic carbocycles. The third-order valence-electron chi connectivity index (χ3n) is 4.68. The second-order valence-electron chi connectivity index (χ2n) is 7.06. The Bertz CT molecular complexity index is 472. The van der Waals surface area contributed by atoms with Crippen molar-refractivity contribution in [1.82, 2.24) is 15.1 Å². The molecule has 1 heterocycles. The first-order valence-electron chi connectivity index (χ1n) is 7.68. The molecule has 0 aromatic heterocycles. The van der Waals surface area contributed by atoms with Crippen LogP contribution in [-0.4, -0.2) is 66.6 Å². The number of aliphatic imine (C=N–C) groups is 1. The summed E-state index contributed by atoms with van der Waals surface area (Å²) < 4.78 is 36.9. The summed E-state index contributed by atoms with van der Waals surface area (Å²) in [6, 6.07) is 0. The van der Waals surface area contributed by atoms with Crippen LogP contribution in [0.25, 0.3) is 0 Å². The number of halogens is 3. The van der Waals surface area contributed by atoms with Crippen molar-refractivity contribution in [3.8, 4) is 0 Å². The summed E-state index contributed by atoms with van der Waals surface area (Å²) in [6.07, 6.45) is -4.40. The molecule has 0 spiro atoms. The van der Waals surface area contributed by atoms with E-state index in [4.69, 9.17) is 0 Å². The number of alkyl halides is 3. The first kappa shape index (κ1) is 19.6. The highest BCUT2D eigenvalue weighted by Gasteiger charge is 2.53. The molecule has 0 saturated carbocycles. The van der Waals surface area contributed by atoms with Gasteiger partial charge in [-0.3, -0.25) is 4.79 Å². The van der Waals surface area contributed by atoms with E-state index < -0.39 is 18.6 Å². The lowest BCUT2D eigenvalue weighted by Gasteiger charge is -2.62. The molecule has 0 radical (unpaired) electrons. The Morgan fingerprint density at radius 1 is 1.30 bits per heavy atom. The molecule has 1 fully saturated rings. The van der Waals surface area contributed by atoms with E-state index in [1.54, 1.807) is 0 Å². The largest absolute Gasteiger partial charge is 0.406 e. The first-order chi connectivity index (χ1) is 10.3. The van der Waals surface area contributed by atoms with Crippen LogP contribution in [0, 0.1) is 5.41 Å². The van der Waals surface area contributed by atoms with Crippen LogP contribution in [0.1, 0.15) is 34.6 Å². The Balaban J connectivity index is 2.76. The molecule has 134 valence electrons. The fourth-order valence-corrected chi connectivity index (χ4v) is 2.42. The fourth-order valence-electron chi connectivity index (χ4n) is 2.42. The standard InChI is InChI=1S/C15H27F3N4O/c1-7-19-12(22-9-13(2,3)14(22,4)5)20-8-11(23)21(6)10-15(16,17)18/h7-10H2,1-6H3,(H,19,20). The summed E-state index contributed by atoms with van der Waals surface area (Å²) in [5.74, 6) is -0.0964. The lowest BCUT2D eigenvalue weighted by atomic mass is 9.65. The van der Waals surface area contributed by atoms with Gasteiger partial charge in [-0.2, -0.15) is 13.2 Å². The summed E-state index contributed by atoms with van der Waals surface area (Å²) in [6.45, 7) is 10.2. The van der Waals surface area contributed by atoms with Crippen molar-refractivity contribution >= 4 is 11.9 Å². The van der Waals surface area contributed by atoms with Gasteiger partial charge in [0.1, 0.15) is 13.1 Å². The van der Waals surface area contributed by atoms with E-state index in [2.05, 4.69) is 38.0 Å². The van der Waals surface area contributed by atoms with Crippen LogP contribution < -0.4 is 5.32 Å². The van der Waals surface area contributed by atoms with E-state index >= 15 is 0 Å². The number of hydrogen-bond donors (Lipinski definition) is 1. The second-order valence-corrected chi connectivity index (χ2v) is 7.06. The van der Waals surface area contributed by atoms with Gasteiger partial charge in [0.05, 0.1) is 0 Å². The molecule has 1 rings (SSSR count). The molecule has 0 aliphatic carbocycles. The molecule has 5 nitrogen and oxygen atoms in total. The summed E-state index contributed by atoms with van der Waals surface area (Å²) in [5.41, 5.74) is -0.0464. The van der Waals surface area contributed by atoms with Crippen LogP contribution in [0.15, 0.2) is 4.99 Å². The number of carbonyl (C=O) groups is 1. The average Bonchev–Trinajstić information content (AvgIpc) is 2.38. The molecule has 0 aromatic rings. The highest BCUT2D eigenvalue weighted by molar-refractivity contribution is 5.86. The first-order valence-corrected chi connectivity index (χ1v) is 7.68. The molecule has 0 bridgehead atoms. The smallest absolute Gasteiger partial charge is 0.356 e. The fraction of sp³-hybridized carbons (Fsp3) is 0.867. The Morgan fingerprint density at radius 3 is 2.26 bits per heavy atom. The predicted octanol–water partition coefficient (Wildman–Crippen LogP) is 2.09. The zero-order chi connectivity index (χ0) is 18.1. The zero-order valence-corrected chi connectivity index (χ0v) is 14.7. The van der Waals surface area contributed by atoms with Gasteiger partial charge in [-0.25, -0.2) is 4.99 Å². The number of nitrogens with zero attached hydrogens (tertiary/aromatic N) is 3. The van der Waals surface area contributed by atoms with E-state index in [1.165, 1.54) is 0 Å². The van der Waals surface area contributed by atoms with E-state index in [9.17, 15) is 18.0 Å². The number of amides is 1. The van der Waals surface area contributed by atoms with Crippen molar-refractivity contribution in [2.75, 3.05) is 33.2 Å². The van der Waals surface area contributed by atoms with Crippen molar-refractivity contribution in [2.45, 2.75) is 46.3 Å². The number of carbonyl (C=O) groups excluding carboxylic acids is 1. The molecule has 23 heavy (non-hydrogen) atoms. The molecule has 1 aliphatic rings. The lowest BCUT2D eigenvalue weighted by molar-refractivity contribution is -0.157. The minimum atomic E-state index is -4.40. The second kappa shape index (κ2) is 6.57. The van der Waals surface area contributed by atoms with Crippen LogP contribution >= 0.6 is 0 Å². The van der Waals surface area contributed by atoms with Crippen molar-refractivity contribution < 1.29 is 18.0 Å². The molecule has 1 saturated heterocycles. The maximum absolute atomic E-state index is 12.3. The van der Waals surface area contributed by atoms with Gasteiger partial charge in [0.25, 0.3) is 0 Å². The SMILES string of the molecule is CCNC(=NCC(=O)N(C)CC(F)(F)F)N1CC(C)(C)C1(C)C. The zero-order valence-electron chi connectivity index (χ0n) is 14.7. The third kappa shape index (κ3) is 4.51. The molecular formula is C15H27F3N4O.